The summed E-state index contributed by atoms with van der Waals surface area (Å²) < 4.78 is 5.82. The summed E-state index contributed by atoms with van der Waals surface area (Å²) in [6, 6.07) is 0. The van der Waals surface area contributed by atoms with Gasteiger partial charge in [-0.1, -0.05) is 15.9 Å². The fraction of sp³-hybridized carbons (Fsp3) is 1.00. The summed E-state index contributed by atoms with van der Waals surface area (Å²) in [4.78, 5) is 0. The van der Waals surface area contributed by atoms with Gasteiger partial charge in [0, 0.05) is 18.4 Å². The Hall–Kier alpha value is 0.400. The zero-order valence-electron chi connectivity index (χ0n) is 7.90. The van der Waals surface area contributed by atoms with E-state index in [0.717, 1.165) is 18.4 Å². The smallest absolute Gasteiger partial charge is 0.0707 e. The molecule has 12 heavy (non-hydrogen) atoms. The van der Waals surface area contributed by atoms with E-state index >= 15 is 0 Å². The van der Waals surface area contributed by atoms with Crippen LogP contribution >= 0.6 is 15.9 Å². The van der Waals surface area contributed by atoms with Gasteiger partial charge < -0.3 is 10.1 Å². The number of rotatable bonds is 4. The van der Waals surface area contributed by atoms with E-state index in [1.807, 2.05) is 0 Å². The van der Waals surface area contributed by atoms with Crippen LogP contribution in [-0.4, -0.2) is 30.1 Å². The number of ether oxygens (including phenoxy) is 1. The molecule has 0 amide bonds. The number of alkyl halides is 1. The quantitative estimate of drug-likeness (QED) is 0.594. The van der Waals surface area contributed by atoms with E-state index in [2.05, 4.69) is 35.1 Å². The fourth-order valence-electron chi connectivity index (χ4n) is 1.55. The standard InChI is InChI=1S/C9H18BrNO/c1-9(2)4-3-8(12-9)7-11-6-5-10/h8,11H,3-7H2,1-2H3. The molecule has 1 unspecified atom stereocenters. The Morgan fingerprint density at radius 1 is 1.58 bits per heavy atom. The molecule has 1 heterocycles. The van der Waals surface area contributed by atoms with E-state index in [4.69, 9.17) is 4.74 Å². The molecule has 1 fully saturated rings. The zero-order valence-corrected chi connectivity index (χ0v) is 9.49. The summed E-state index contributed by atoms with van der Waals surface area (Å²) in [5.41, 5.74) is 0.112. The summed E-state index contributed by atoms with van der Waals surface area (Å²) in [6.07, 6.45) is 2.81. The van der Waals surface area contributed by atoms with Gasteiger partial charge in [-0.2, -0.15) is 0 Å². The third-order valence-corrected chi connectivity index (χ3v) is 2.59. The maximum absolute atomic E-state index is 5.82. The number of nitrogens with one attached hydrogen (secondary N) is 1. The number of halogens is 1. The maximum Gasteiger partial charge on any atom is 0.0707 e. The first-order chi connectivity index (χ1) is 5.64. The van der Waals surface area contributed by atoms with Gasteiger partial charge in [-0.25, -0.2) is 0 Å². The third kappa shape index (κ3) is 3.42. The monoisotopic (exact) mass is 235 g/mol. The van der Waals surface area contributed by atoms with Crippen LogP contribution in [0.2, 0.25) is 0 Å². The van der Waals surface area contributed by atoms with Crippen LogP contribution in [0.25, 0.3) is 0 Å². The summed E-state index contributed by atoms with van der Waals surface area (Å²) >= 11 is 3.38. The lowest BCUT2D eigenvalue weighted by atomic mass is 10.1. The molecule has 1 aliphatic heterocycles. The second-order valence-electron chi connectivity index (χ2n) is 3.93. The summed E-state index contributed by atoms with van der Waals surface area (Å²) in [5.74, 6) is 0. The van der Waals surface area contributed by atoms with E-state index in [0.29, 0.717) is 6.10 Å². The molecule has 1 aliphatic rings. The predicted octanol–water partition coefficient (Wildman–Crippen LogP) is 1.93. The summed E-state index contributed by atoms with van der Waals surface area (Å²) in [5, 5.41) is 4.36. The largest absolute Gasteiger partial charge is 0.371 e. The molecule has 1 rings (SSSR count). The second kappa shape index (κ2) is 4.58. The lowest BCUT2D eigenvalue weighted by Crippen LogP contribution is -2.30. The number of hydrogen-bond acceptors (Lipinski definition) is 2. The Bertz CT molecular complexity index is 138. The third-order valence-electron chi connectivity index (χ3n) is 2.20. The SMILES string of the molecule is CC1(C)CCC(CNCCBr)O1. The molecule has 2 nitrogen and oxygen atoms in total. The van der Waals surface area contributed by atoms with Gasteiger partial charge in [0.2, 0.25) is 0 Å². The van der Waals surface area contributed by atoms with E-state index in [-0.39, 0.29) is 5.60 Å². The first kappa shape index (κ1) is 10.5. The molecule has 0 bridgehead atoms. The first-order valence-electron chi connectivity index (χ1n) is 4.58. The maximum atomic E-state index is 5.82. The van der Waals surface area contributed by atoms with E-state index in [9.17, 15) is 0 Å². The van der Waals surface area contributed by atoms with Crippen molar-refractivity contribution in [3.05, 3.63) is 0 Å². The molecular weight excluding hydrogens is 218 g/mol. The van der Waals surface area contributed by atoms with Crippen molar-refractivity contribution in [1.82, 2.24) is 5.32 Å². The lowest BCUT2D eigenvalue weighted by Gasteiger charge is -2.19. The molecule has 3 heteroatoms. The van der Waals surface area contributed by atoms with Crippen LogP contribution in [-0.2, 0) is 4.74 Å². The highest BCUT2D eigenvalue weighted by atomic mass is 79.9. The van der Waals surface area contributed by atoms with Gasteiger partial charge in [-0.15, -0.1) is 0 Å². The second-order valence-corrected chi connectivity index (χ2v) is 4.72. The number of hydrogen-bond donors (Lipinski definition) is 1. The van der Waals surface area contributed by atoms with Crippen molar-refractivity contribution in [2.24, 2.45) is 0 Å². The Morgan fingerprint density at radius 2 is 2.33 bits per heavy atom. The van der Waals surface area contributed by atoms with Gasteiger partial charge in [0.25, 0.3) is 0 Å². The van der Waals surface area contributed by atoms with E-state index in [1.54, 1.807) is 0 Å². The highest BCUT2D eigenvalue weighted by molar-refractivity contribution is 9.09. The van der Waals surface area contributed by atoms with Crippen molar-refractivity contribution >= 4 is 15.9 Å². The van der Waals surface area contributed by atoms with Crippen molar-refractivity contribution in [3.8, 4) is 0 Å². The Balaban J connectivity index is 2.11. The summed E-state index contributed by atoms with van der Waals surface area (Å²) in [7, 11) is 0. The van der Waals surface area contributed by atoms with Crippen LogP contribution in [0.15, 0.2) is 0 Å². The first-order valence-corrected chi connectivity index (χ1v) is 5.71. The van der Waals surface area contributed by atoms with Crippen molar-refractivity contribution in [3.63, 3.8) is 0 Å². The van der Waals surface area contributed by atoms with Crippen LogP contribution in [0.3, 0.4) is 0 Å². The summed E-state index contributed by atoms with van der Waals surface area (Å²) in [6.45, 7) is 6.35. The van der Waals surface area contributed by atoms with Gasteiger partial charge in [-0.05, 0) is 26.7 Å². The van der Waals surface area contributed by atoms with Crippen molar-refractivity contribution in [1.29, 1.82) is 0 Å². The molecule has 1 saturated heterocycles. The van der Waals surface area contributed by atoms with Gasteiger partial charge >= 0.3 is 0 Å². The molecule has 0 spiro atoms. The zero-order chi connectivity index (χ0) is 9.03. The average Bonchev–Trinajstić information content (AvgIpc) is 2.31. The van der Waals surface area contributed by atoms with E-state index < -0.39 is 0 Å². The van der Waals surface area contributed by atoms with Crippen LogP contribution in [0.4, 0.5) is 0 Å². The molecule has 0 aromatic heterocycles. The molecule has 0 radical (unpaired) electrons. The van der Waals surface area contributed by atoms with Crippen LogP contribution in [0.1, 0.15) is 26.7 Å². The Morgan fingerprint density at radius 3 is 2.83 bits per heavy atom. The minimum atomic E-state index is 0.112. The normalized spacial score (nSPS) is 27.8. The van der Waals surface area contributed by atoms with Crippen LogP contribution in [0, 0.1) is 0 Å². The van der Waals surface area contributed by atoms with Crippen LogP contribution in [0.5, 0.6) is 0 Å². The molecule has 1 N–H and O–H groups in total. The fourth-order valence-corrected chi connectivity index (χ4v) is 1.83. The topological polar surface area (TPSA) is 21.3 Å². The minimum Gasteiger partial charge on any atom is -0.371 e. The molecule has 0 saturated carbocycles. The highest BCUT2D eigenvalue weighted by Crippen LogP contribution is 2.28. The van der Waals surface area contributed by atoms with Gasteiger partial charge in [-0.3, -0.25) is 0 Å². The minimum absolute atomic E-state index is 0.112. The lowest BCUT2D eigenvalue weighted by molar-refractivity contribution is -0.0139. The van der Waals surface area contributed by atoms with Crippen molar-refractivity contribution in [2.45, 2.75) is 38.4 Å². The molecular formula is C9H18BrNO. The Kier molecular flexibility index (Phi) is 4.00. The Labute approximate surface area is 83.2 Å². The van der Waals surface area contributed by atoms with Gasteiger partial charge in [0.1, 0.15) is 0 Å². The molecule has 0 aliphatic carbocycles. The molecule has 0 aromatic rings. The van der Waals surface area contributed by atoms with Crippen LogP contribution < -0.4 is 5.32 Å². The predicted molar refractivity (Wildman–Crippen MR) is 54.8 cm³/mol. The molecule has 72 valence electrons. The van der Waals surface area contributed by atoms with Crippen molar-refractivity contribution in [2.75, 3.05) is 18.4 Å². The highest BCUT2D eigenvalue weighted by Gasteiger charge is 2.30. The van der Waals surface area contributed by atoms with Gasteiger partial charge in [0.05, 0.1) is 11.7 Å². The van der Waals surface area contributed by atoms with Gasteiger partial charge in [0.15, 0.2) is 0 Å². The molecule has 1 atom stereocenters. The van der Waals surface area contributed by atoms with E-state index in [1.165, 1.54) is 12.8 Å². The van der Waals surface area contributed by atoms with Crippen molar-refractivity contribution < 1.29 is 4.74 Å². The molecule has 0 aromatic carbocycles. The average molecular weight is 236 g/mol.